The Bertz CT molecular complexity index is 453. The number of rotatable bonds is 6. The second-order valence-corrected chi connectivity index (χ2v) is 4.90. The van der Waals surface area contributed by atoms with Crippen molar-refractivity contribution < 1.29 is 0 Å². The van der Waals surface area contributed by atoms with E-state index in [0.29, 0.717) is 12.5 Å². The van der Waals surface area contributed by atoms with Crippen LogP contribution in [0.25, 0.3) is 0 Å². The summed E-state index contributed by atoms with van der Waals surface area (Å²) in [5.41, 5.74) is 2.33. The highest BCUT2D eigenvalue weighted by molar-refractivity contribution is 5.47. The first-order chi connectivity index (χ1) is 8.67. The molecule has 0 radical (unpaired) electrons. The first kappa shape index (κ1) is 12.9. The lowest BCUT2D eigenvalue weighted by molar-refractivity contribution is 0.261. The standard InChI is InChI=1S/C13H21N5/c1-10-12(13(15-2)17(3)16-10)9-18(8-4-7-14)11-5-6-11/h11,15H,4-6,8-9H2,1-3H3. The molecule has 1 aliphatic rings. The maximum absolute atomic E-state index is 8.74. The van der Waals surface area contributed by atoms with Crippen molar-refractivity contribution in [2.45, 2.75) is 38.8 Å². The zero-order chi connectivity index (χ0) is 13.1. The van der Waals surface area contributed by atoms with E-state index in [-0.39, 0.29) is 0 Å². The number of hydrogen-bond acceptors (Lipinski definition) is 4. The number of aromatic nitrogens is 2. The van der Waals surface area contributed by atoms with Crippen LogP contribution in [0.3, 0.4) is 0 Å². The van der Waals surface area contributed by atoms with E-state index in [2.05, 4.69) is 21.4 Å². The van der Waals surface area contributed by atoms with Crippen LogP contribution in [0.4, 0.5) is 5.82 Å². The van der Waals surface area contributed by atoms with Gasteiger partial charge in [0.05, 0.1) is 11.8 Å². The molecule has 0 aromatic carbocycles. The summed E-state index contributed by atoms with van der Waals surface area (Å²) in [5.74, 6) is 1.08. The van der Waals surface area contributed by atoms with E-state index in [1.54, 1.807) is 0 Å². The number of nitrogens with zero attached hydrogens (tertiary/aromatic N) is 4. The molecule has 1 fully saturated rings. The van der Waals surface area contributed by atoms with Crippen molar-refractivity contribution in [1.82, 2.24) is 14.7 Å². The Morgan fingerprint density at radius 2 is 2.28 bits per heavy atom. The van der Waals surface area contributed by atoms with E-state index in [4.69, 9.17) is 5.26 Å². The summed E-state index contributed by atoms with van der Waals surface area (Å²) in [5, 5.41) is 16.4. The van der Waals surface area contributed by atoms with E-state index >= 15 is 0 Å². The lowest BCUT2D eigenvalue weighted by Gasteiger charge is -2.21. The van der Waals surface area contributed by atoms with E-state index in [1.807, 2.05) is 25.7 Å². The molecule has 0 atom stereocenters. The number of aryl methyl sites for hydroxylation is 2. The van der Waals surface area contributed by atoms with Gasteiger partial charge in [-0.15, -0.1) is 0 Å². The smallest absolute Gasteiger partial charge is 0.128 e. The molecule has 1 N–H and O–H groups in total. The van der Waals surface area contributed by atoms with Gasteiger partial charge >= 0.3 is 0 Å². The lowest BCUT2D eigenvalue weighted by atomic mass is 10.2. The molecule has 1 heterocycles. The minimum absolute atomic E-state index is 0.602. The van der Waals surface area contributed by atoms with E-state index in [9.17, 15) is 0 Å². The van der Waals surface area contributed by atoms with Crippen LogP contribution in [-0.2, 0) is 13.6 Å². The molecule has 5 nitrogen and oxygen atoms in total. The summed E-state index contributed by atoms with van der Waals surface area (Å²) in [7, 11) is 3.88. The van der Waals surface area contributed by atoms with Crippen molar-refractivity contribution in [3.8, 4) is 6.07 Å². The maximum atomic E-state index is 8.74. The molecular weight excluding hydrogens is 226 g/mol. The molecule has 5 heteroatoms. The molecule has 0 amide bonds. The van der Waals surface area contributed by atoms with Gasteiger partial charge in [-0.3, -0.25) is 9.58 Å². The van der Waals surface area contributed by atoms with Crippen molar-refractivity contribution in [3.63, 3.8) is 0 Å². The third kappa shape index (κ3) is 2.65. The molecule has 0 spiro atoms. The monoisotopic (exact) mass is 247 g/mol. The predicted octanol–water partition coefficient (Wildman–Crippen LogP) is 1.65. The Labute approximate surface area is 108 Å². The van der Waals surface area contributed by atoms with Crippen LogP contribution in [0.5, 0.6) is 0 Å². The summed E-state index contributed by atoms with van der Waals surface area (Å²) in [6.45, 7) is 3.80. The SMILES string of the molecule is CNc1c(CN(CCC#N)C2CC2)c(C)nn1C. The molecule has 2 rings (SSSR count). The van der Waals surface area contributed by atoms with E-state index in [1.165, 1.54) is 18.4 Å². The molecule has 0 saturated heterocycles. The number of hydrogen-bond donors (Lipinski definition) is 1. The summed E-state index contributed by atoms with van der Waals surface area (Å²) in [6, 6.07) is 2.91. The van der Waals surface area contributed by atoms with Crippen molar-refractivity contribution in [3.05, 3.63) is 11.3 Å². The second kappa shape index (κ2) is 5.40. The van der Waals surface area contributed by atoms with Gasteiger partial charge in [0.15, 0.2) is 0 Å². The minimum atomic E-state index is 0.602. The van der Waals surface area contributed by atoms with Gasteiger partial charge in [-0.1, -0.05) is 0 Å². The van der Waals surface area contributed by atoms with Gasteiger partial charge in [0.2, 0.25) is 0 Å². The zero-order valence-electron chi connectivity index (χ0n) is 11.4. The number of nitriles is 1. The largest absolute Gasteiger partial charge is 0.373 e. The Morgan fingerprint density at radius 3 is 2.83 bits per heavy atom. The Hall–Kier alpha value is -1.54. The van der Waals surface area contributed by atoms with Crippen molar-refractivity contribution in [2.24, 2.45) is 7.05 Å². The summed E-state index contributed by atoms with van der Waals surface area (Å²) in [4.78, 5) is 2.41. The highest BCUT2D eigenvalue weighted by atomic mass is 15.3. The second-order valence-electron chi connectivity index (χ2n) is 4.90. The van der Waals surface area contributed by atoms with Crippen LogP contribution < -0.4 is 5.32 Å². The van der Waals surface area contributed by atoms with Gasteiger partial charge in [0.1, 0.15) is 5.82 Å². The Kier molecular flexibility index (Phi) is 3.87. The van der Waals surface area contributed by atoms with Gasteiger partial charge in [-0.05, 0) is 19.8 Å². The van der Waals surface area contributed by atoms with Crippen LogP contribution in [0.15, 0.2) is 0 Å². The molecule has 1 aromatic heterocycles. The molecular formula is C13H21N5. The van der Waals surface area contributed by atoms with Crippen molar-refractivity contribution in [1.29, 1.82) is 5.26 Å². The molecule has 98 valence electrons. The zero-order valence-corrected chi connectivity index (χ0v) is 11.4. The minimum Gasteiger partial charge on any atom is -0.373 e. The predicted molar refractivity (Wildman–Crippen MR) is 71.2 cm³/mol. The number of anilines is 1. The van der Waals surface area contributed by atoms with Crippen LogP contribution in [-0.4, -0.2) is 34.3 Å². The molecule has 1 aromatic rings. The third-order valence-electron chi connectivity index (χ3n) is 3.52. The Morgan fingerprint density at radius 1 is 1.56 bits per heavy atom. The van der Waals surface area contributed by atoms with Crippen LogP contribution >= 0.6 is 0 Å². The lowest BCUT2D eigenvalue weighted by Crippen LogP contribution is -2.27. The van der Waals surface area contributed by atoms with E-state index < -0.39 is 0 Å². The van der Waals surface area contributed by atoms with Gasteiger partial charge < -0.3 is 5.32 Å². The van der Waals surface area contributed by atoms with Crippen LogP contribution in [0, 0.1) is 18.3 Å². The van der Waals surface area contributed by atoms with Crippen molar-refractivity contribution in [2.75, 3.05) is 18.9 Å². The molecule has 0 aliphatic heterocycles. The first-order valence-electron chi connectivity index (χ1n) is 6.48. The fourth-order valence-electron chi connectivity index (χ4n) is 2.43. The fourth-order valence-corrected chi connectivity index (χ4v) is 2.43. The Balaban J connectivity index is 2.13. The summed E-state index contributed by atoms with van der Waals surface area (Å²) < 4.78 is 1.89. The highest BCUT2D eigenvalue weighted by Crippen LogP contribution is 2.30. The van der Waals surface area contributed by atoms with Gasteiger partial charge in [-0.2, -0.15) is 10.4 Å². The highest BCUT2D eigenvalue weighted by Gasteiger charge is 2.30. The van der Waals surface area contributed by atoms with Crippen LogP contribution in [0.2, 0.25) is 0 Å². The molecule has 1 saturated carbocycles. The van der Waals surface area contributed by atoms with Crippen molar-refractivity contribution >= 4 is 5.82 Å². The molecule has 1 aliphatic carbocycles. The third-order valence-corrected chi connectivity index (χ3v) is 3.52. The summed E-state index contributed by atoms with van der Waals surface area (Å²) in [6.07, 6.45) is 3.13. The maximum Gasteiger partial charge on any atom is 0.128 e. The topological polar surface area (TPSA) is 56.9 Å². The average molecular weight is 247 g/mol. The molecule has 0 bridgehead atoms. The number of nitrogens with one attached hydrogen (secondary N) is 1. The van der Waals surface area contributed by atoms with Gasteiger partial charge in [0.25, 0.3) is 0 Å². The molecule has 18 heavy (non-hydrogen) atoms. The fraction of sp³-hybridized carbons (Fsp3) is 0.692. The van der Waals surface area contributed by atoms with E-state index in [0.717, 1.165) is 24.6 Å². The molecule has 0 unspecified atom stereocenters. The van der Waals surface area contributed by atoms with Gasteiger partial charge in [-0.25, -0.2) is 0 Å². The average Bonchev–Trinajstić information content (AvgIpc) is 3.13. The first-order valence-corrected chi connectivity index (χ1v) is 6.48. The van der Waals surface area contributed by atoms with Gasteiger partial charge in [0, 0.05) is 45.2 Å². The quantitative estimate of drug-likeness (QED) is 0.830. The summed E-state index contributed by atoms with van der Waals surface area (Å²) >= 11 is 0. The van der Waals surface area contributed by atoms with Crippen LogP contribution in [0.1, 0.15) is 30.5 Å². The normalized spacial score (nSPS) is 14.8.